The average molecular weight is 524 g/mol. The van der Waals surface area contributed by atoms with Gasteiger partial charge in [0, 0.05) is 12.2 Å². The van der Waals surface area contributed by atoms with Crippen molar-refractivity contribution in [1.82, 2.24) is 10.0 Å². The fourth-order valence-electron chi connectivity index (χ4n) is 4.29. The summed E-state index contributed by atoms with van der Waals surface area (Å²) >= 11 is 0. The van der Waals surface area contributed by atoms with Crippen molar-refractivity contribution in [2.45, 2.75) is 51.5 Å². The zero-order valence-corrected chi connectivity index (χ0v) is 22.3. The molecule has 3 rings (SSSR count). The third-order valence-electron chi connectivity index (χ3n) is 5.85. The molecule has 37 heavy (non-hydrogen) atoms. The molecular formula is C28H33N3O5S. The smallest absolute Gasteiger partial charge is 0.322 e. The van der Waals surface area contributed by atoms with Crippen LogP contribution >= 0.6 is 0 Å². The number of carbonyl (C=O) groups is 2. The van der Waals surface area contributed by atoms with Gasteiger partial charge in [-0.25, -0.2) is 13.2 Å². The second kappa shape index (κ2) is 12.0. The van der Waals surface area contributed by atoms with Gasteiger partial charge in [-0.15, -0.1) is 0 Å². The molecule has 8 nitrogen and oxygen atoms in total. The zero-order chi connectivity index (χ0) is 27.2. The summed E-state index contributed by atoms with van der Waals surface area (Å²) in [5.74, 6) is -1.26. The molecule has 0 spiro atoms. The number of rotatable bonds is 10. The summed E-state index contributed by atoms with van der Waals surface area (Å²) in [6.45, 7) is 7.85. The molecule has 0 aliphatic rings. The number of sulfonamides is 1. The van der Waals surface area contributed by atoms with Gasteiger partial charge >= 0.3 is 12.0 Å². The molecule has 2 amide bonds. The van der Waals surface area contributed by atoms with Crippen LogP contribution in [0.1, 0.15) is 35.6 Å². The number of amides is 2. The molecule has 196 valence electrons. The molecule has 0 saturated carbocycles. The quantitative estimate of drug-likeness (QED) is 0.304. The van der Waals surface area contributed by atoms with E-state index in [1.54, 1.807) is 50.2 Å². The number of benzene rings is 3. The number of anilines is 1. The number of hydrogen-bond acceptors (Lipinski definition) is 4. The number of aryl methyl sites for hydroxylation is 3. The summed E-state index contributed by atoms with van der Waals surface area (Å²) < 4.78 is 28.7. The van der Waals surface area contributed by atoms with E-state index in [9.17, 15) is 23.1 Å². The Labute approximate surface area is 218 Å². The van der Waals surface area contributed by atoms with Gasteiger partial charge in [-0.1, -0.05) is 61.0 Å². The minimum absolute atomic E-state index is 0.0242. The van der Waals surface area contributed by atoms with Crippen LogP contribution in [0.25, 0.3) is 11.1 Å². The van der Waals surface area contributed by atoms with Crippen molar-refractivity contribution in [3.63, 3.8) is 0 Å². The first-order chi connectivity index (χ1) is 17.5. The number of urea groups is 1. The van der Waals surface area contributed by atoms with Crippen molar-refractivity contribution >= 4 is 27.7 Å². The summed E-state index contributed by atoms with van der Waals surface area (Å²) in [7, 11) is -4.06. The van der Waals surface area contributed by atoms with E-state index in [4.69, 9.17) is 0 Å². The van der Waals surface area contributed by atoms with Crippen LogP contribution in [-0.4, -0.2) is 38.1 Å². The zero-order valence-electron chi connectivity index (χ0n) is 21.5. The molecule has 0 bridgehead atoms. The van der Waals surface area contributed by atoms with Gasteiger partial charge in [-0.2, -0.15) is 4.72 Å². The molecule has 9 heteroatoms. The number of carbonyl (C=O) groups excluding carboxylic acids is 1. The number of carboxylic acid groups (broad SMARTS) is 1. The average Bonchev–Trinajstić information content (AvgIpc) is 2.82. The molecular weight excluding hydrogens is 490 g/mol. The summed E-state index contributed by atoms with van der Waals surface area (Å²) in [5, 5.41) is 15.3. The summed E-state index contributed by atoms with van der Waals surface area (Å²) in [6.07, 6.45) is 0.821. The Bertz CT molecular complexity index is 1360. The molecule has 0 aromatic heterocycles. The largest absolute Gasteiger partial charge is 0.480 e. The highest BCUT2D eigenvalue weighted by Crippen LogP contribution is 2.25. The first kappa shape index (κ1) is 27.9. The van der Waals surface area contributed by atoms with E-state index < -0.39 is 22.0 Å². The van der Waals surface area contributed by atoms with Crippen molar-refractivity contribution in [2.75, 3.05) is 11.9 Å². The molecule has 0 fully saturated rings. The highest BCUT2D eigenvalue weighted by atomic mass is 32.2. The van der Waals surface area contributed by atoms with Gasteiger partial charge in [0.2, 0.25) is 10.0 Å². The van der Waals surface area contributed by atoms with E-state index in [0.29, 0.717) is 28.9 Å². The SMILES string of the molecule is CCCNC(=O)Nc1ccc(-c2cccc(CC(NS(=O)(=O)c3c(C)cc(C)cc3C)C(=O)O)c2)cc1. The van der Waals surface area contributed by atoms with Crippen molar-refractivity contribution in [3.05, 3.63) is 82.9 Å². The lowest BCUT2D eigenvalue weighted by Gasteiger charge is -2.18. The van der Waals surface area contributed by atoms with Crippen LogP contribution in [-0.2, 0) is 21.2 Å². The predicted molar refractivity (Wildman–Crippen MR) is 145 cm³/mol. The Morgan fingerprint density at radius 3 is 2.16 bits per heavy atom. The monoisotopic (exact) mass is 523 g/mol. The normalized spacial score (nSPS) is 12.1. The van der Waals surface area contributed by atoms with Gasteiger partial charge in [-0.05, 0) is 73.6 Å². The van der Waals surface area contributed by atoms with Crippen molar-refractivity contribution in [1.29, 1.82) is 0 Å². The second-order valence-corrected chi connectivity index (χ2v) is 10.8. The minimum atomic E-state index is -4.06. The number of aliphatic carboxylic acids is 1. The van der Waals surface area contributed by atoms with E-state index >= 15 is 0 Å². The maximum absolute atomic E-state index is 13.1. The van der Waals surface area contributed by atoms with Crippen LogP contribution in [0.15, 0.2) is 65.6 Å². The molecule has 1 unspecified atom stereocenters. The van der Waals surface area contributed by atoms with Gasteiger partial charge < -0.3 is 15.7 Å². The molecule has 4 N–H and O–H groups in total. The Kier molecular flexibility index (Phi) is 9.07. The van der Waals surface area contributed by atoms with E-state index in [2.05, 4.69) is 15.4 Å². The standard InChI is InChI=1S/C28H33N3O5S/c1-5-13-29-28(34)30-24-11-9-22(10-12-24)23-8-6-7-21(16-23)17-25(27(32)33)31-37(35,36)26-19(3)14-18(2)15-20(26)4/h6-12,14-16,25,31H,5,13,17H2,1-4H3,(H,32,33)(H2,29,30,34). The van der Waals surface area contributed by atoms with Crippen LogP contribution in [0.4, 0.5) is 10.5 Å². The fourth-order valence-corrected chi connectivity index (χ4v) is 5.93. The van der Waals surface area contributed by atoms with Crippen LogP contribution in [0.2, 0.25) is 0 Å². The molecule has 3 aromatic carbocycles. The highest BCUT2D eigenvalue weighted by molar-refractivity contribution is 7.89. The number of carboxylic acids is 1. The van der Waals surface area contributed by atoms with E-state index in [1.807, 2.05) is 38.1 Å². The van der Waals surface area contributed by atoms with Gasteiger partial charge in [0.15, 0.2) is 0 Å². The van der Waals surface area contributed by atoms with Crippen molar-refractivity contribution in [3.8, 4) is 11.1 Å². The highest BCUT2D eigenvalue weighted by Gasteiger charge is 2.28. The number of nitrogens with one attached hydrogen (secondary N) is 3. The maximum Gasteiger partial charge on any atom is 0.322 e. The Hall–Kier alpha value is -3.69. The van der Waals surface area contributed by atoms with Gasteiger partial charge in [0.25, 0.3) is 0 Å². The maximum atomic E-state index is 13.1. The van der Waals surface area contributed by atoms with Gasteiger partial charge in [-0.3, -0.25) is 4.79 Å². The number of hydrogen-bond donors (Lipinski definition) is 4. The Balaban J connectivity index is 1.77. The molecule has 1 atom stereocenters. The van der Waals surface area contributed by atoms with Gasteiger partial charge in [0.05, 0.1) is 4.90 Å². The molecule has 0 radical (unpaired) electrons. The second-order valence-electron chi connectivity index (χ2n) is 9.10. The minimum Gasteiger partial charge on any atom is -0.480 e. The lowest BCUT2D eigenvalue weighted by atomic mass is 9.99. The topological polar surface area (TPSA) is 125 Å². The molecule has 0 heterocycles. The van der Waals surface area contributed by atoms with E-state index in [0.717, 1.165) is 23.1 Å². The van der Waals surface area contributed by atoms with Crippen molar-refractivity contribution in [2.24, 2.45) is 0 Å². The Morgan fingerprint density at radius 2 is 1.57 bits per heavy atom. The van der Waals surface area contributed by atoms with Crippen molar-refractivity contribution < 1.29 is 23.1 Å². The van der Waals surface area contributed by atoms with Crippen LogP contribution in [0, 0.1) is 20.8 Å². The first-order valence-electron chi connectivity index (χ1n) is 12.1. The van der Waals surface area contributed by atoms with Crippen LogP contribution < -0.4 is 15.4 Å². The third-order valence-corrected chi connectivity index (χ3v) is 7.62. The molecule has 0 aliphatic heterocycles. The molecule has 3 aromatic rings. The molecule has 0 saturated heterocycles. The van der Waals surface area contributed by atoms with E-state index in [1.165, 1.54) is 0 Å². The van der Waals surface area contributed by atoms with E-state index in [-0.39, 0.29) is 17.3 Å². The fraction of sp³-hybridized carbons (Fsp3) is 0.286. The summed E-state index contributed by atoms with van der Waals surface area (Å²) in [5.41, 5.74) is 5.11. The summed E-state index contributed by atoms with van der Waals surface area (Å²) in [6, 6.07) is 16.5. The lowest BCUT2D eigenvalue weighted by Crippen LogP contribution is -2.42. The predicted octanol–water partition coefficient (Wildman–Crippen LogP) is 4.78. The van der Waals surface area contributed by atoms with Crippen LogP contribution in [0.3, 0.4) is 0 Å². The molecule has 0 aliphatic carbocycles. The first-order valence-corrected chi connectivity index (χ1v) is 13.6. The summed E-state index contributed by atoms with van der Waals surface area (Å²) in [4.78, 5) is 24.0. The lowest BCUT2D eigenvalue weighted by molar-refractivity contribution is -0.138. The Morgan fingerprint density at radius 1 is 0.919 bits per heavy atom. The van der Waals surface area contributed by atoms with Gasteiger partial charge in [0.1, 0.15) is 6.04 Å². The third kappa shape index (κ3) is 7.41. The van der Waals surface area contributed by atoms with Crippen LogP contribution in [0.5, 0.6) is 0 Å².